The van der Waals surface area contributed by atoms with Crippen molar-refractivity contribution in [1.82, 2.24) is 4.98 Å². The Labute approximate surface area is 217 Å². The molecule has 4 rings (SSSR count). The summed E-state index contributed by atoms with van der Waals surface area (Å²) in [7, 11) is -3.87. The highest BCUT2D eigenvalue weighted by atomic mass is 32.2. The van der Waals surface area contributed by atoms with Gasteiger partial charge in [0.2, 0.25) is 16.0 Å². The summed E-state index contributed by atoms with van der Waals surface area (Å²) in [6.45, 7) is 10.5. The van der Waals surface area contributed by atoms with Gasteiger partial charge < -0.3 is 9.84 Å². The van der Waals surface area contributed by atoms with E-state index in [2.05, 4.69) is 4.98 Å². The summed E-state index contributed by atoms with van der Waals surface area (Å²) < 4.78 is 48.1. The number of benzene rings is 2. The molecule has 2 aromatic carbocycles. The monoisotopic (exact) mass is 526 g/mol. The average molecular weight is 527 g/mol. The molecule has 3 aromatic rings. The van der Waals surface area contributed by atoms with Crippen LogP contribution < -0.4 is 4.31 Å². The zero-order valence-electron chi connectivity index (χ0n) is 22.0. The van der Waals surface area contributed by atoms with Gasteiger partial charge in [0, 0.05) is 22.9 Å². The third kappa shape index (κ3) is 4.85. The third-order valence-electron chi connectivity index (χ3n) is 6.54. The fraction of sp³-hybridized carbons (Fsp3) is 0.357. The van der Waals surface area contributed by atoms with Crippen LogP contribution >= 0.6 is 0 Å². The minimum atomic E-state index is -3.87. The normalized spacial score (nSPS) is 14.2. The number of halogens is 1. The number of aryl methyl sites for hydroxylation is 1. The highest BCUT2D eigenvalue weighted by Crippen LogP contribution is 2.51. The van der Waals surface area contributed by atoms with Crippen molar-refractivity contribution in [2.75, 3.05) is 10.6 Å². The van der Waals surface area contributed by atoms with Crippen molar-refractivity contribution >= 4 is 21.7 Å². The van der Waals surface area contributed by atoms with Gasteiger partial charge in [0.05, 0.1) is 24.1 Å². The van der Waals surface area contributed by atoms with Crippen molar-refractivity contribution in [1.29, 1.82) is 0 Å². The molecule has 0 bridgehead atoms. The second-order valence-electron chi connectivity index (χ2n) is 10.5. The lowest BCUT2D eigenvalue weighted by atomic mass is 9.80. The summed E-state index contributed by atoms with van der Waals surface area (Å²) in [5.41, 5.74) is 4.60. The number of carbonyl (C=O) groups is 1. The van der Waals surface area contributed by atoms with E-state index in [1.807, 2.05) is 31.2 Å². The maximum absolute atomic E-state index is 14.9. The molecule has 1 atom stereocenters. The Hall–Kier alpha value is -3.30. The molecular formula is C28H31FN2O5S. The van der Waals surface area contributed by atoms with Crippen LogP contribution in [0, 0.1) is 26.7 Å². The first-order valence-corrected chi connectivity index (χ1v) is 13.7. The van der Waals surface area contributed by atoms with Gasteiger partial charge in [0.1, 0.15) is 0 Å². The maximum atomic E-state index is 14.9. The molecule has 7 nitrogen and oxygen atoms in total. The first kappa shape index (κ1) is 26.8. The number of anilines is 1. The van der Waals surface area contributed by atoms with Crippen LogP contribution in [0.5, 0.6) is 0 Å². The summed E-state index contributed by atoms with van der Waals surface area (Å²) in [5, 5.41) is 10.3. The van der Waals surface area contributed by atoms with Crippen LogP contribution in [0.1, 0.15) is 54.7 Å². The predicted molar refractivity (Wildman–Crippen MR) is 142 cm³/mol. The van der Waals surface area contributed by atoms with Crippen molar-refractivity contribution in [2.45, 2.75) is 59.8 Å². The van der Waals surface area contributed by atoms with E-state index >= 15 is 0 Å². The number of aliphatic carboxylic acids is 1. The molecule has 0 spiro atoms. The van der Waals surface area contributed by atoms with Gasteiger partial charge >= 0.3 is 5.97 Å². The molecule has 0 saturated heterocycles. The molecule has 1 aliphatic heterocycles. The van der Waals surface area contributed by atoms with Crippen molar-refractivity contribution in [3.05, 3.63) is 70.3 Å². The van der Waals surface area contributed by atoms with Crippen LogP contribution in [0.2, 0.25) is 0 Å². The van der Waals surface area contributed by atoms with Crippen LogP contribution in [0.25, 0.3) is 22.3 Å². The summed E-state index contributed by atoms with van der Waals surface area (Å²) in [6.07, 6.45) is 1.03. The van der Waals surface area contributed by atoms with Gasteiger partial charge in [0.15, 0.2) is 6.10 Å². The van der Waals surface area contributed by atoms with E-state index in [-0.39, 0.29) is 12.1 Å². The van der Waals surface area contributed by atoms with Crippen LogP contribution in [0.15, 0.2) is 36.5 Å². The SMILES string of the molecule is Cc1ccc(-c2c(C)c3c(c(C)c2[C@H](OC(C)(C)C)C(=O)O)N(S(C)(=O)=O)Cc2c-3ccnc2F)cc1. The van der Waals surface area contributed by atoms with Crippen molar-refractivity contribution in [3.8, 4) is 22.3 Å². The number of hydrogen-bond donors (Lipinski definition) is 1. The van der Waals surface area contributed by atoms with E-state index in [0.717, 1.165) is 21.7 Å². The molecular weight excluding hydrogens is 495 g/mol. The number of aromatic nitrogens is 1. The first-order valence-electron chi connectivity index (χ1n) is 11.9. The topological polar surface area (TPSA) is 96.8 Å². The van der Waals surface area contributed by atoms with Gasteiger partial charge in [-0.05, 0) is 75.4 Å². The molecule has 0 fully saturated rings. The van der Waals surface area contributed by atoms with Gasteiger partial charge in [-0.2, -0.15) is 4.39 Å². The maximum Gasteiger partial charge on any atom is 0.337 e. The Morgan fingerprint density at radius 3 is 2.24 bits per heavy atom. The van der Waals surface area contributed by atoms with Crippen molar-refractivity contribution in [3.63, 3.8) is 0 Å². The van der Waals surface area contributed by atoms with Crippen molar-refractivity contribution < 1.29 is 27.4 Å². The van der Waals surface area contributed by atoms with Gasteiger partial charge in [-0.3, -0.25) is 4.31 Å². The standard InChI is InChI=1S/C28H31FN2O5S/c1-15-8-10-18(11-9-15)21-16(2)22-19-12-13-30-26(29)20(19)14-31(37(7,34)35)24(22)17(3)23(21)25(27(32)33)36-28(4,5)6/h8-13,25H,14H2,1-7H3,(H,32,33)/t25-/m0/s1. The number of nitrogens with zero attached hydrogens (tertiary/aromatic N) is 2. The number of rotatable bonds is 5. The van der Waals surface area contributed by atoms with Crippen LogP contribution in [-0.2, 0) is 26.1 Å². The number of carboxylic acid groups (broad SMARTS) is 1. The molecule has 2 heterocycles. The van der Waals surface area contributed by atoms with Crippen LogP contribution in [0.3, 0.4) is 0 Å². The second-order valence-corrected chi connectivity index (χ2v) is 12.4. The molecule has 196 valence electrons. The minimum absolute atomic E-state index is 0.172. The van der Waals surface area contributed by atoms with E-state index < -0.39 is 33.6 Å². The van der Waals surface area contributed by atoms with E-state index in [1.165, 1.54) is 6.20 Å². The molecule has 0 radical (unpaired) electrons. The van der Waals surface area contributed by atoms with Gasteiger partial charge in [0.25, 0.3) is 0 Å². The number of ether oxygens (including phenoxy) is 1. The Kier molecular flexibility index (Phi) is 6.67. The zero-order valence-corrected chi connectivity index (χ0v) is 22.8. The molecule has 1 aliphatic rings. The summed E-state index contributed by atoms with van der Waals surface area (Å²) >= 11 is 0. The largest absolute Gasteiger partial charge is 0.479 e. The minimum Gasteiger partial charge on any atom is -0.479 e. The predicted octanol–water partition coefficient (Wildman–Crippen LogP) is 5.70. The third-order valence-corrected chi connectivity index (χ3v) is 7.65. The quantitative estimate of drug-likeness (QED) is 0.429. The Morgan fingerprint density at radius 2 is 1.70 bits per heavy atom. The fourth-order valence-corrected chi connectivity index (χ4v) is 5.94. The number of carboxylic acids is 1. The van der Waals surface area contributed by atoms with E-state index in [0.29, 0.717) is 39.1 Å². The van der Waals surface area contributed by atoms with E-state index in [9.17, 15) is 22.7 Å². The first-order chi connectivity index (χ1) is 17.1. The summed E-state index contributed by atoms with van der Waals surface area (Å²) in [4.78, 5) is 16.4. The molecule has 0 aliphatic carbocycles. The van der Waals surface area contributed by atoms with E-state index in [1.54, 1.807) is 40.7 Å². The van der Waals surface area contributed by atoms with Gasteiger partial charge in [-0.1, -0.05) is 29.8 Å². The van der Waals surface area contributed by atoms with Crippen LogP contribution in [0.4, 0.5) is 10.1 Å². The molecule has 1 N–H and O–H groups in total. The average Bonchev–Trinajstić information content (AvgIpc) is 2.78. The highest BCUT2D eigenvalue weighted by Gasteiger charge is 2.39. The summed E-state index contributed by atoms with van der Waals surface area (Å²) in [6, 6.07) is 9.31. The van der Waals surface area contributed by atoms with E-state index in [4.69, 9.17) is 4.74 Å². The lowest BCUT2D eigenvalue weighted by Gasteiger charge is -2.37. The number of fused-ring (bicyclic) bond motifs is 3. The highest BCUT2D eigenvalue weighted by molar-refractivity contribution is 7.92. The van der Waals surface area contributed by atoms with Crippen molar-refractivity contribution in [2.24, 2.45) is 0 Å². The molecule has 37 heavy (non-hydrogen) atoms. The molecule has 9 heteroatoms. The Bertz CT molecular complexity index is 1510. The molecule has 1 aromatic heterocycles. The number of sulfonamides is 1. The zero-order chi connectivity index (χ0) is 27.4. The van der Waals surface area contributed by atoms with Crippen LogP contribution in [-0.4, -0.2) is 36.3 Å². The van der Waals surface area contributed by atoms with Gasteiger partial charge in [-0.25, -0.2) is 18.2 Å². The lowest BCUT2D eigenvalue weighted by molar-refractivity contribution is -0.160. The molecule has 0 amide bonds. The molecule has 0 unspecified atom stereocenters. The Morgan fingerprint density at radius 1 is 1.08 bits per heavy atom. The molecule has 0 saturated carbocycles. The number of hydrogen-bond acceptors (Lipinski definition) is 5. The second kappa shape index (κ2) is 9.22. The fourth-order valence-electron chi connectivity index (χ4n) is 5.01. The summed E-state index contributed by atoms with van der Waals surface area (Å²) in [5.74, 6) is -1.93. The number of pyridine rings is 1. The lowest BCUT2D eigenvalue weighted by Crippen LogP contribution is -2.35. The Balaban J connectivity index is 2.22. The van der Waals surface area contributed by atoms with Gasteiger partial charge in [-0.15, -0.1) is 0 Å². The smallest absolute Gasteiger partial charge is 0.337 e.